The number of benzene rings is 2. The first kappa shape index (κ1) is 20.7. The molecule has 0 saturated heterocycles. The second-order valence-electron chi connectivity index (χ2n) is 6.67. The highest BCUT2D eigenvalue weighted by atomic mass is 35.5. The van der Waals surface area contributed by atoms with Crippen LogP contribution in [0.4, 0.5) is 5.69 Å². The molecule has 29 heavy (non-hydrogen) atoms. The Morgan fingerprint density at radius 3 is 2.52 bits per heavy atom. The monoisotopic (exact) mass is 423 g/mol. The third-order valence-corrected chi connectivity index (χ3v) is 5.51. The number of para-hydroxylation sites is 1. The Morgan fingerprint density at radius 1 is 1.10 bits per heavy atom. The molecule has 0 aliphatic rings. The van der Waals surface area contributed by atoms with Gasteiger partial charge in [0.25, 0.3) is 5.91 Å². The number of aromatic nitrogens is 1. The predicted octanol–water partition coefficient (Wildman–Crippen LogP) is 6.26. The van der Waals surface area contributed by atoms with Crippen LogP contribution in [0.5, 0.6) is 0 Å². The number of nitrogens with zero attached hydrogens (tertiary/aromatic N) is 2. The highest BCUT2D eigenvalue weighted by Crippen LogP contribution is 2.32. The van der Waals surface area contributed by atoms with Crippen molar-refractivity contribution in [3.63, 3.8) is 0 Å². The highest BCUT2D eigenvalue weighted by molar-refractivity contribution is 6.43. The van der Waals surface area contributed by atoms with Crippen LogP contribution >= 0.6 is 23.2 Å². The molecule has 0 bridgehead atoms. The van der Waals surface area contributed by atoms with Gasteiger partial charge in [0.05, 0.1) is 15.7 Å². The SMILES string of the molecule is Cc1ccccc1NC(=O)/C(C#N)=C\c1cc(C)n(-c2cccc(Cl)c2Cl)c1C. The fourth-order valence-corrected chi connectivity index (χ4v) is 3.56. The summed E-state index contributed by atoms with van der Waals surface area (Å²) in [6, 6.07) is 16.8. The predicted molar refractivity (Wildman–Crippen MR) is 119 cm³/mol. The smallest absolute Gasteiger partial charge is 0.266 e. The fourth-order valence-electron chi connectivity index (χ4n) is 3.18. The summed E-state index contributed by atoms with van der Waals surface area (Å²) in [4.78, 5) is 12.6. The lowest BCUT2D eigenvalue weighted by Crippen LogP contribution is -2.14. The number of anilines is 1. The number of halogens is 2. The van der Waals surface area contributed by atoms with Gasteiger partial charge in [-0.05, 0) is 62.2 Å². The van der Waals surface area contributed by atoms with Crippen molar-refractivity contribution in [1.82, 2.24) is 4.57 Å². The molecule has 1 amide bonds. The Kier molecular flexibility index (Phi) is 6.12. The lowest BCUT2D eigenvalue weighted by Gasteiger charge is -2.12. The van der Waals surface area contributed by atoms with E-state index in [-0.39, 0.29) is 5.57 Å². The maximum Gasteiger partial charge on any atom is 0.266 e. The first-order valence-corrected chi connectivity index (χ1v) is 9.71. The zero-order chi connectivity index (χ0) is 21.1. The van der Waals surface area contributed by atoms with Crippen LogP contribution in [0, 0.1) is 32.1 Å². The number of nitriles is 1. The molecule has 146 valence electrons. The molecule has 0 atom stereocenters. The zero-order valence-electron chi connectivity index (χ0n) is 16.3. The van der Waals surface area contributed by atoms with E-state index in [2.05, 4.69) is 5.32 Å². The van der Waals surface area contributed by atoms with Crippen LogP contribution in [-0.2, 0) is 4.79 Å². The molecule has 1 heterocycles. The van der Waals surface area contributed by atoms with Crippen LogP contribution in [0.2, 0.25) is 10.0 Å². The summed E-state index contributed by atoms with van der Waals surface area (Å²) in [6.07, 6.45) is 1.59. The lowest BCUT2D eigenvalue weighted by atomic mass is 10.1. The first-order valence-electron chi connectivity index (χ1n) is 8.95. The Bertz CT molecular complexity index is 1170. The standard InChI is InChI=1S/C23H19Cl2N3O/c1-14-7-4-5-9-20(14)27-23(29)18(13-26)12-17-11-15(2)28(16(17)3)21-10-6-8-19(24)22(21)25/h4-12H,1-3H3,(H,27,29)/b18-12-. The van der Waals surface area contributed by atoms with Gasteiger partial charge < -0.3 is 9.88 Å². The quantitative estimate of drug-likeness (QED) is 0.397. The molecule has 0 fully saturated rings. The molecule has 4 nitrogen and oxygen atoms in total. The Balaban J connectivity index is 1.99. The number of hydrogen-bond donors (Lipinski definition) is 1. The number of carbonyl (C=O) groups is 1. The van der Waals surface area contributed by atoms with Gasteiger partial charge in [0.15, 0.2) is 0 Å². The van der Waals surface area contributed by atoms with Crippen molar-refractivity contribution in [3.8, 4) is 11.8 Å². The largest absolute Gasteiger partial charge is 0.321 e. The van der Waals surface area contributed by atoms with Crippen molar-refractivity contribution < 1.29 is 4.79 Å². The van der Waals surface area contributed by atoms with E-state index in [9.17, 15) is 10.1 Å². The molecule has 3 rings (SSSR count). The summed E-state index contributed by atoms with van der Waals surface area (Å²) in [5.74, 6) is -0.451. The van der Waals surface area contributed by atoms with Crippen molar-refractivity contribution in [2.45, 2.75) is 20.8 Å². The normalized spacial score (nSPS) is 11.2. The van der Waals surface area contributed by atoms with E-state index in [1.54, 1.807) is 18.2 Å². The second kappa shape index (κ2) is 8.57. The van der Waals surface area contributed by atoms with E-state index < -0.39 is 5.91 Å². The van der Waals surface area contributed by atoms with E-state index in [0.29, 0.717) is 15.7 Å². The minimum atomic E-state index is -0.451. The number of hydrogen-bond acceptors (Lipinski definition) is 2. The minimum Gasteiger partial charge on any atom is -0.321 e. The molecule has 0 aliphatic heterocycles. The molecule has 0 radical (unpaired) electrons. The van der Waals surface area contributed by atoms with Gasteiger partial charge in [0.2, 0.25) is 0 Å². The first-order chi connectivity index (χ1) is 13.8. The van der Waals surface area contributed by atoms with Gasteiger partial charge in [-0.1, -0.05) is 47.5 Å². The Labute approximate surface area is 180 Å². The van der Waals surface area contributed by atoms with E-state index in [0.717, 1.165) is 28.2 Å². The summed E-state index contributed by atoms with van der Waals surface area (Å²) in [7, 11) is 0. The van der Waals surface area contributed by atoms with Crippen molar-refractivity contribution in [1.29, 1.82) is 5.26 Å². The van der Waals surface area contributed by atoms with Crippen molar-refractivity contribution in [2.24, 2.45) is 0 Å². The number of aryl methyl sites for hydroxylation is 2. The average Bonchev–Trinajstić information content (AvgIpc) is 2.97. The van der Waals surface area contributed by atoms with E-state index in [4.69, 9.17) is 23.2 Å². The summed E-state index contributed by atoms with van der Waals surface area (Å²) in [6.45, 7) is 5.74. The molecule has 0 spiro atoms. The van der Waals surface area contributed by atoms with Crippen LogP contribution < -0.4 is 5.32 Å². The summed E-state index contributed by atoms with van der Waals surface area (Å²) < 4.78 is 1.95. The van der Waals surface area contributed by atoms with Crippen LogP contribution in [0.15, 0.2) is 54.1 Å². The average molecular weight is 424 g/mol. The molecular weight excluding hydrogens is 405 g/mol. The van der Waals surface area contributed by atoms with Crippen LogP contribution in [0.3, 0.4) is 0 Å². The molecule has 2 aromatic carbocycles. The maximum absolute atomic E-state index is 12.6. The minimum absolute atomic E-state index is 0.0192. The molecule has 0 aliphatic carbocycles. The number of rotatable bonds is 4. The van der Waals surface area contributed by atoms with E-state index in [1.165, 1.54) is 0 Å². The van der Waals surface area contributed by atoms with Gasteiger partial charge >= 0.3 is 0 Å². The molecule has 1 aromatic heterocycles. The van der Waals surface area contributed by atoms with Gasteiger partial charge in [-0.2, -0.15) is 5.26 Å². The van der Waals surface area contributed by atoms with Gasteiger partial charge in [-0.3, -0.25) is 4.79 Å². The highest BCUT2D eigenvalue weighted by Gasteiger charge is 2.16. The number of carbonyl (C=O) groups excluding carboxylic acids is 1. The summed E-state index contributed by atoms with van der Waals surface area (Å²) in [5, 5.41) is 13.3. The molecule has 1 N–H and O–H groups in total. The van der Waals surface area contributed by atoms with Gasteiger partial charge in [-0.15, -0.1) is 0 Å². The lowest BCUT2D eigenvalue weighted by molar-refractivity contribution is -0.112. The number of amides is 1. The molecule has 0 unspecified atom stereocenters. The second-order valence-corrected chi connectivity index (χ2v) is 7.46. The van der Waals surface area contributed by atoms with E-state index >= 15 is 0 Å². The molecule has 6 heteroatoms. The van der Waals surface area contributed by atoms with Crippen LogP contribution in [0.1, 0.15) is 22.5 Å². The van der Waals surface area contributed by atoms with Crippen molar-refractivity contribution >= 4 is 40.9 Å². The third-order valence-electron chi connectivity index (χ3n) is 4.70. The maximum atomic E-state index is 12.6. The zero-order valence-corrected chi connectivity index (χ0v) is 17.8. The topological polar surface area (TPSA) is 57.8 Å². The Hall–Kier alpha value is -3.00. The molecular formula is C23H19Cl2N3O. The molecule has 0 saturated carbocycles. The van der Waals surface area contributed by atoms with Gasteiger partial charge in [0.1, 0.15) is 11.6 Å². The van der Waals surface area contributed by atoms with Gasteiger partial charge in [0, 0.05) is 17.1 Å². The van der Waals surface area contributed by atoms with Gasteiger partial charge in [-0.25, -0.2) is 0 Å². The summed E-state index contributed by atoms with van der Waals surface area (Å²) in [5.41, 5.74) is 4.89. The Morgan fingerprint density at radius 2 is 1.83 bits per heavy atom. The third kappa shape index (κ3) is 4.22. The number of nitrogens with one attached hydrogen (secondary N) is 1. The van der Waals surface area contributed by atoms with Crippen molar-refractivity contribution in [3.05, 3.63) is 86.7 Å². The van der Waals surface area contributed by atoms with E-state index in [1.807, 2.05) is 67.8 Å². The summed E-state index contributed by atoms with van der Waals surface area (Å²) >= 11 is 12.5. The van der Waals surface area contributed by atoms with Crippen LogP contribution in [0.25, 0.3) is 11.8 Å². The van der Waals surface area contributed by atoms with Crippen LogP contribution in [-0.4, -0.2) is 10.5 Å². The van der Waals surface area contributed by atoms with Crippen molar-refractivity contribution in [2.75, 3.05) is 5.32 Å². The molecule has 3 aromatic rings. The fraction of sp³-hybridized carbons (Fsp3) is 0.130.